The van der Waals surface area contributed by atoms with Crippen LogP contribution >= 0.6 is 0 Å². The number of aromatic nitrogens is 3. The second-order valence-corrected chi connectivity index (χ2v) is 7.40. The molecule has 0 spiro atoms. The minimum Gasteiger partial charge on any atom is -0.453 e. The van der Waals surface area contributed by atoms with Crippen molar-refractivity contribution in [2.75, 3.05) is 5.32 Å². The summed E-state index contributed by atoms with van der Waals surface area (Å²) < 4.78 is 11.8. The number of carbonyl (C=O) groups excluding carboxylic acids is 2. The van der Waals surface area contributed by atoms with E-state index in [1.54, 1.807) is 29.7 Å². The lowest BCUT2D eigenvalue weighted by Crippen LogP contribution is -2.30. The van der Waals surface area contributed by atoms with E-state index in [-0.39, 0.29) is 30.3 Å². The topological polar surface area (TPSA) is 116 Å². The molecule has 9 heteroatoms. The molecule has 156 valence electrons. The molecule has 0 unspecified atom stereocenters. The van der Waals surface area contributed by atoms with E-state index in [1.165, 1.54) is 6.92 Å². The first-order valence-corrected chi connectivity index (χ1v) is 9.86. The van der Waals surface area contributed by atoms with Crippen LogP contribution in [0.3, 0.4) is 0 Å². The molecular formula is C21H22N4O5. The first kappa shape index (κ1) is 19.8. The average molecular weight is 410 g/mol. The molecule has 1 aliphatic carbocycles. The summed E-state index contributed by atoms with van der Waals surface area (Å²) in [5.74, 6) is 0.330. The highest BCUT2D eigenvalue weighted by atomic mass is 16.5. The third-order valence-electron chi connectivity index (χ3n) is 4.90. The van der Waals surface area contributed by atoms with Crippen molar-refractivity contribution in [3.63, 3.8) is 0 Å². The van der Waals surface area contributed by atoms with Crippen LogP contribution in [-0.2, 0) is 20.7 Å². The van der Waals surface area contributed by atoms with Gasteiger partial charge in [-0.15, -0.1) is 0 Å². The number of aryl methyl sites for hydroxylation is 2. The average Bonchev–Trinajstić information content (AvgIpc) is 3.47. The van der Waals surface area contributed by atoms with Gasteiger partial charge in [0.2, 0.25) is 0 Å². The number of benzene rings is 1. The standard InChI is InChI=1S/C21H22N4O5/c1-12-11-17(24-30-12)23-20(27)13(2)29-19(26)10-9-18-22-16-6-4-3-5-15(16)21(28)25(18)14-7-8-14/h3-6,11,13-14H,7-10H2,1-2H3,(H,23,24,27)/t13-/m0/s1. The molecule has 1 aromatic carbocycles. The number of nitrogens with one attached hydrogen (secondary N) is 1. The van der Waals surface area contributed by atoms with Crippen LogP contribution in [0, 0.1) is 6.92 Å². The smallest absolute Gasteiger partial charge is 0.307 e. The van der Waals surface area contributed by atoms with Gasteiger partial charge in [0.15, 0.2) is 11.9 Å². The zero-order valence-electron chi connectivity index (χ0n) is 16.8. The van der Waals surface area contributed by atoms with Gasteiger partial charge < -0.3 is 14.6 Å². The van der Waals surface area contributed by atoms with Crippen LogP contribution in [0.1, 0.15) is 43.8 Å². The Bertz CT molecular complexity index is 1160. The Hall–Kier alpha value is -3.49. The maximum absolute atomic E-state index is 12.9. The largest absolute Gasteiger partial charge is 0.453 e. The van der Waals surface area contributed by atoms with Crippen molar-refractivity contribution in [2.24, 2.45) is 0 Å². The van der Waals surface area contributed by atoms with Crippen LogP contribution in [0.2, 0.25) is 0 Å². The third kappa shape index (κ3) is 4.24. The molecule has 3 aromatic rings. The van der Waals surface area contributed by atoms with E-state index in [0.29, 0.717) is 22.5 Å². The normalized spacial score (nSPS) is 14.5. The van der Waals surface area contributed by atoms with Crippen LogP contribution in [0.15, 0.2) is 39.6 Å². The molecule has 2 heterocycles. The minimum atomic E-state index is -0.996. The summed E-state index contributed by atoms with van der Waals surface area (Å²) >= 11 is 0. The Balaban J connectivity index is 1.41. The molecule has 1 saturated carbocycles. The van der Waals surface area contributed by atoms with Gasteiger partial charge in [-0.2, -0.15) is 0 Å². The van der Waals surface area contributed by atoms with E-state index in [4.69, 9.17) is 9.26 Å². The van der Waals surface area contributed by atoms with Crippen LogP contribution in [0.25, 0.3) is 10.9 Å². The van der Waals surface area contributed by atoms with E-state index in [0.717, 1.165) is 12.8 Å². The maximum Gasteiger partial charge on any atom is 0.307 e. The highest BCUT2D eigenvalue weighted by Gasteiger charge is 2.28. The molecule has 9 nitrogen and oxygen atoms in total. The lowest BCUT2D eigenvalue weighted by atomic mass is 10.2. The molecule has 0 aliphatic heterocycles. The van der Waals surface area contributed by atoms with E-state index in [2.05, 4.69) is 15.5 Å². The number of hydrogen-bond donors (Lipinski definition) is 1. The Morgan fingerprint density at radius 2 is 2.10 bits per heavy atom. The number of rotatable bonds is 7. The van der Waals surface area contributed by atoms with Crippen LogP contribution in [-0.4, -0.2) is 32.7 Å². The molecule has 1 fully saturated rings. The zero-order chi connectivity index (χ0) is 21.3. The van der Waals surface area contributed by atoms with Crippen LogP contribution in [0.4, 0.5) is 5.82 Å². The van der Waals surface area contributed by atoms with Gasteiger partial charge in [-0.1, -0.05) is 17.3 Å². The number of amides is 1. The summed E-state index contributed by atoms with van der Waals surface area (Å²) in [6.45, 7) is 3.18. The summed E-state index contributed by atoms with van der Waals surface area (Å²) in [6.07, 6.45) is 1.13. The lowest BCUT2D eigenvalue weighted by Gasteiger charge is -2.14. The fourth-order valence-electron chi connectivity index (χ4n) is 3.25. The number of carbonyl (C=O) groups is 2. The molecule has 0 saturated heterocycles. The molecule has 0 bridgehead atoms. The predicted octanol–water partition coefficient (Wildman–Crippen LogP) is 2.53. The van der Waals surface area contributed by atoms with Crippen LogP contribution < -0.4 is 10.9 Å². The summed E-state index contributed by atoms with van der Waals surface area (Å²) in [5, 5.41) is 6.77. The van der Waals surface area contributed by atoms with Gasteiger partial charge in [0.05, 0.1) is 17.3 Å². The number of para-hydroxylation sites is 1. The van der Waals surface area contributed by atoms with Crippen molar-refractivity contribution in [3.05, 3.63) is 52.3 Å². The Morgan fingerprint density at radius 3 is 2.80 bits per heavy atom. The van der Waals surface area contributed by atoms with Gasteiger partial charge in [0.25, 0.3) is 11.5 Å². The quantitative estimate of drug-likeness (QED) is 0.595. The first-order valence-electron chi connectivity index (χ1n) is 9.86. The number of fused-ring (bicyclic) bond motifs is 1. The minimum absolute atomic E-state index is 0.0121. The number of nitrogens with zero attached hydrogens (tertiary/aromatic N) is 3. The number of anilines is 1. The lowest BCUT2D eigenvalue weighted by molar-refractivity contribution is -0.153. The van der Waals surface area contributed by atoms with E-state index in [1.807, 2.05) is 12.1 Å². The second-order valence-electron chi connectivity index (χ2n) is 7.40. The van der Waals surface area contributed by atoms with Gasteiger partial charge in [0, 0.05) is 18.5 Å². The monoisotopic (exact) mass is 410 g/mol. The molecule has 0 radical (unpaired) electrons. The van der Waals surface area contributed by atoms with Crippen molar-refractivity contribution in [2.45, 2.75) is 51.7 Å². The van der Waals surface area contributed by atoms with Gasteiger partial charge in [-0.3, -0.25) is 19.0 Å². The summed E-state index contributed by atoms with van der Waals surface area (Å²) in [4.78, 5) is 41.9. The predicted molar refractivity (Wildman–Crippen MR) is 108 cm³/mol. The highest BCUT2D eigenvalue weighted by Crippen LogP contribution is 2.34. The molecule has 1 N–H and O–H groups in total. The molecule has 1 aliphatic rings. The van der Waals surface area contributed by atoms with E-state index < -0.39 is 18.0 Å². The molecular weight excluding hydrogens is 388 g/mol. The van der Waals surface area contributed by atoms with Crippen molar-refractivity contribution in [3.8, 4) is 0 Å². The van der Waals surface area contributed by atoms with Crippen molar-refractivity contribution in [1.29, 1.82) is 0 Å². The summed E-state index contributed by atoms with van der Waals surface area (Å²) in [7, 11) is 0. The van der Waals surface area contributed by atoms with Crippen LogP contribution in [0.5, 0.6) is 0 Å². The molecule has 2 aromatic heterocycles. The SMILES string of the molecule is Cc1cc(NC(=O)[C@H](C)OC(=O)CCc2nc3ccccc3c(=O)n2C2CC2)no1. The van der Waals surface area contributed by atoms with Gasteiger partial charge in [-0.05, 0) is 38.8 Å². The Labute approximate surface area is 172 Å². The van der Waals surface area contributed by atoms with Gasteiger partial charge in [0.1, 0.15) is 11.6 Å². The van der Waals surface area contributed by atoms with Crippen molar-refractivity contribution >= 4 is 28.6 Å². The van der Waals surface area contributed by atoms with E-state index >= 15 is 0 Å². The Morgan fingerprint density at radius 1 is 1.33 bits per heavy atom. The maximum atomic E-state index is 12.9. The van der Waals surface area contributed by atoms with Crippen molar-refractivity contribution < 1.29 is 18.8 Å². The van der Waals surface area contributed by atoms with Gasteiger partial charge in [-0.25, -0.2) is 4.98 Å². The first-order chi connectivity index (χ1) is 14.4. The molecule has 30 heavy (non-hydrogen) atoms. The van der Waals surface area contributed by atoms with Crippen molar-refractivity contribution in [1.82, 2.24) is 14.7 Å². The number of hydrogen-bond acceptors (Lipinski definition) is 7. The molecule has 1 atom stereocenters. The fraction of sp³-hybridized carbons (Fsp3) is 0.381. The number of ether oxygens (including phenoxy) is 1. The van der Waals surface area contributed by atoms with Gasteiger partial charge >= 0.3 is 5.97 Å². The molecule has 1 amide bonds. The summed E-state index contributed by atoms with van der Waals surface area (Å²) in [5.41, 5.74) is 0.528. The van der Waals surface area contributed by atoms with E-state index in [9.17, 15) is 14.4 Å². The highest BCUT2D eigenvalue weighted by molar-refractivity contribution is 5.94. The third-order valence-corrected chi connectivity index (χ3v) is 4.90. The second kappa shape index (κ2) is 8.10. The fourth-order valence-corrected chi connectivity index (χ4v) is 3.25. The number of esters is 1. The zero-order valence-corrected chi connectivity index (χ0v) is 16.8. The molecule has 4 rings (SSSR count). The summed E-state index contributed by atoms with van der Waals surface area (Å²) in [6, 6.07) is 8.88. The Kier molecular flexibility index (Phi) is 5.35.